The quantitative estimate of drug-likeness (QED) is 0.212. The Morgan fingerprint density at radius 2 is 1.86 bits per heavy atom. The summed E-state index contributed by atoms with van der Waals surface area (Å²) in [5.74, 6) is -0.0668. The lowest BCUT2D eigenvalue weighted by Gasteiger charge is -2.04. The molecule has 78 valence electrons. The number of carbonyl (C=O) groups is 1. The highest BCUT2D eigenvalue weighted by Gasteiger charge is 1.95. The molecule has 4 heteroatoms. The lowest BCUT2D eigenvalue weighted by Crippen LogP contribution is -2.03. The van der Waals surface area contributed by atoms with E-state index < -0.39 is 5.97 Å². The van der Waals surface area contributed by atoms with Crippen LogP contribution >= 0.6 is 0 Å². The average Bonchev–Trinajstić information content (AvgIpc) is 2.22. The molecule has 0 rings (SSSR count). The van der Waals surface area contributed by atoms with Crippen molar-refractivity contribution in [3.05, 3.63) is 25.0 Å². The summed E-state index contributed by atoms with van der Waals surface area (Å²) >= 11 is 0. The summed E-state index contributed by atoms with van der Waals surface area (Å²) in [6, 6.07) is 0. The lowest BCUT2D eigenvalue weighted by molar-refractivity contribution is -0.137. The molecular formula is C10H15NO3. The monoisotopic (exact) mass is 197 g/mol. The van der Waals surface area contributed by atoms with E-state index in [2.05, 4.69) is 13.2 Å². The van der Waals surface area contributed by atoms with E-state index in [0.717, 1.165) is 25.1 Å². The van der Waals surface area contributed by atoms with Crippen LogP contribution in [0.1, 0.15) is 12.8 Å². The molecule has 0 saturated carbocycles. The Kier molecular flexibility index (Phi) is 7.13. The number of nitrogens with one attached hydrogen (secondary N) is 1. The second kappa shape index (κ2) is 8.04. The van der Waals surface area contributed by atoms with E-state index in [1.807, 2.05) is 0 Å². The predicted molar refractivity (Wildman–Crippen MR) is 54.3 cm³/mol. The van der Waals surface area contributed by atoms with E-state index in [4.69, 9.17) is 14.9 Å². The zero-order valence-corrected chi connectivity index (χ0v) is 8.12. The second-order valence-electron chi connectivity index (χ2n) is 2.54. The Hall–Kier alpha value is -1.58. The van der Waals surface area contributed by atoms with Gasteiger partial charge in [0.05, 0.1) is 19.4 Å². The van der Waals surface area contributed by atoms with Crippen LogP contribution in [-0.4, -0.2) is 25.4 Å². The van der Waals surface area contributed by atoms with Gasteiger partial charge in [-0.1, -0.05) is 13.2 Å². The highest BCUT2D eigenvalue weighted by molar-refractivity contribution is 5.81. The third-order valence-electron chi connectivity index (χ3n) is 1.40. The van der Waals surface area contributed by atoms with Crippen LogP contribution in [0.25, 0.3) is 0 Å². The molecule has 0 fully saturated rings. The summed E-state index contributed by atoms with van der Waals surface area (Å²) in [7, 11) is 0. The molecule has 0 aromatic heterocycles. The minimum Gasteiger partial charge on any atom is -0.493 e. The smallest absolute Gasteiger partial charge is 0.330 e. The van der Waals surface area contributed by atoms with Crippen LogP contribution in [0, 0.1) is 5.41 Å². The fourth-order valence-corrected chi connectivity index (χ4v) is 0.681. The molecule has 0 saturated heterocycles. The van der Waals surface area contributed by atoms with Crippen LogP contribution in [0.5, 0.6) is 0 Å². The molecule has 0 spiro atoms. The molecule has 0 aliphatic carbocycles. The third-order valence-corrected chi connectivity index (χ3v) is 1.40. The first kappa shape index (κ1) is 12.4. The predicted octanol–water partition coefficient (Wildman–Crippen LogP) is 1.68. The van der Waals surface area contributed by atoms with Crippen LogP contribution in [0.2, 0.25) is 0 Å². The van der Waals surface area contributed by atoms with E-state index in [-0.39, 0.29) is 0 Å². The molecule has 0 unspecified atom stereocenters. The number of unbranched alkanes of at least 4 members (excludes halogenated alkanes) is 1. The zero-order chi connectivity index (χ0) is 10.8. The number of carbonyl (C=O) groups excluding carboxylic acids is 1. The summed E-state index contributed by atoms with van der Waals surface area (Å²) in [6.45, 7) is 7.60. The molecule has 0 heterocycles. The fraction of sp³-hybridized carbons (Fsp3) is 0.400. The van der Waals surface area contributed by atoms with Crippen LogP contribution in [0.3, 0.4) is 0 Å². The maximum Gasteiger partial charge on any atom is 0.330 e. The summed E-state index contributed by atoms with van der Waals surface area (Å²) < 4.78 is 9.77. The third kappa shape index (κ3) is 7.09. The summed E-state index contributed by atoms with van der Waals surface area (Å²) in [5, 5.41) is 6.78. The fourth-order valence-electron chi connectivity index (χ4n) is 0.681. The van der Waals surface area contributed by atoms with E-state index in [1.165, 1.54) is 0 Å². The Morgan fingerprint density at radius 1 is 1.29 bits per heavy atom. The molecule has 0 aromatic rings. The van der Waals surface area contributed by atoms with Crippen LogP contribution < -0.4 is 0 Å². The van der Waals surface area contributed by atoms with E-state index in [1.54, 1.807) is 0 Å². The molecule has 0 bridgehead atoms. The lowest BCUT2D eigenvalue weighted by atomic mass is 10.3. The first-order chi connectivity index (χ1) is 6.70. The Balaban J connectivity index is 3.21. The van der Waals surface area contributed by atoms with Crippen LogP contribution in [0.15, 0.2) is 25.0 Å². The van der Waals surface area contributed by atoms with Crippen LogP contribution in [-0.2, 0) is 14.3 Å². The van der Waals surface area contributed by atoms with Gasteiger partial charge in [-0.05, 0) is 12.8 Å². The van der Waals surface area contributed by atoms with Gasteiger partial charge >= 0.3 is 5.97 Å². The molecule has 0 aliphatic rings. The van der Waals surface area contributed by atoms with Gasteiger partial charge in [0, 0.05) is 6.08 Å². The Morgan fingerprint density at radius 3 is 2.36 bits per heavy atom. The van der Waals surface area contributed by atoms with Crippen molar-refractivity contribution in [1.29, 1.82) is 5.41 Å². The molecule has 0 aliphatic heterocycles. The van der Waals surface area contributed by atoms with E-state index >= 15 is 0 Å². The molecule has 0 aromatic carbocycles. The topological polar surface area (TPSA) is 59.4 Å². The summed E-state index contributed by atoms with van der Waals surface area (Å²) in [6.07, 6.45) is 3.67. The van der Waals surface area contributed by atoms with Crippen molar-refractivity contribution < 1.29 is 14.3 Å². The van der Waals surface area contributed by atoms with Gasteiger partial charge in [0.1, 0.15) is 5.76 Å². The largest absolute Gasteiger partial charge is 0.493 e. The minimum absolute atomic E-state index is 0.341. The number of ether oxygens (including phenoxy) is 2. The number of esters is 1. The minimum atomic E-state index is -0.408. The highest BCUT2D eigenvalue weighted by Crippen LogP contribution is 1.95. The second-order valence-corrected chi connectivity index (χ2v) is 2.54. The molecule has 0 amide bonds. The Labute approximate surface area is 83.7 Å². The summed E-state index contributed by atoms with van der Waals surface area (Å²) in [5.41, 5.74) is 0. The maximum atomic E-state index is 10.6. The summed E-state index contributed by atoms with van der Waals surface area (Å²) in [4.78, 5) is 10.6. The van der Waals surface area contributed by atoms with Gasteiger partial charge in [-0.2, -0.15) is 0 Å². The van der Waals surface area contributed by atoms with Crippen molar-refractivity contribution in [1.82, 2.24) is 0 Å². The van der Waals surface area contributed by atoms with Gasteiger partial charge < -0.3 is 14.9 Å². The zero-order valence-electron chi connectivity index (χ0n) is 8.12. The number of rotatable bonds is 8. The van der Waals surface area contributed by atoms with Crippen molar-refractivity contribution in [2.45, 2.75) is 12.8 Å². The molecule has 1 N–H and O–H groups in total. The van der Waals surface area contributed by atoms with Crippen molar-refractivity contribution in [3.63, 3.8) is 0 Å². The van der Waals surface area contributed by atoms with E-state index in [9.17, 15) is 4.79 Å². The maximum absolute atomic E-state index is 10.6. The first-order valence-electron chi connectivity index (χ1n) is 4.32. The van der Waals surface area contributed by atoms with Crippen molar-refractivity contribution in [2.24, 2.45) is 0 Å². The SMILES string of the molecule is C=CC(=O)OCCCCOC(=C)C=N. The molecular weight excluding hydrogens is 182 g/mol. The number of hydrogen-bond donors (Lipinski definition) is 1. The van der Waals surface area contributed by atoms with Crippen molar-refractivity contribution in [2.75, 3.05) is 13.2 Å². The first-order valence-corrected chi connectivity index (χ1v) is 4.32. The van der Waals surface area contributed by atoms with Crippen LogP contribution in [0.4, 0.5) is 0 Å². The van der Waals surface area contributed by atoms with Gasteiger partial charge in [0.15, 0.2) is 0 Å². The van der Waals surface area contributed by atoms with E-state index in [0.29, 0.717) is 19.0 Å². The average molecular weight is 197 g/mol. The van der Waals surface area contributed by atoms with Gasteiger partial charge in [-0.3, -0.25) is 0 Å². The van der Waals surface area contributed by atoms with Gasteiger partial charge in [0.2, 0.25) is 0 Å². The highest BCUT2D eigenvalue weighted by atomic mass is 16.5. The van der Waals surface area contributed by atoms with Gasteiger partial charge in [-0.25, -0.2) is 4.79 Å². The number of allylic oxidation sites excluding steroid dienone is 1. The van der Waals surface area contributed by atoms with Crippen molar-refractivity contribution in [3.8, 4) is 0 Å². The number of hydrogen-bond acceptors (Lipinski definition) is 4. The molecule has 14 heavy (non-hydrogen) atoms. The molecule has 0 atom stereocenters. The van der Waals surface area contributed by atoms with Gasteiger partial charge in [-0.15, -0.1) is 0 Å². The Bertz CT molecular complexity index is 199. The normalized spacial score (nSPS) is 8.86. The van der Waals surface area contributed by atoms with Gasteiger partial charge in [0.25, 0.3) is 0 Å². The standard InChI is InChI=1S/C10H15NO3/c1-3-10(12)14-7-5-4-6-13-9(2)8-11/h3,8,11H,1-2,4-7H2. The molecule has 0 radical (unpaired) electrons. The molecule has 4 nitrogen and oxygen atoms in total. The van der Waals surface area contributed by atoms with Crippen molar-refractivity contribution >= 4 is 12.2 Å².